The van der Waals surface area contributed by atoms with Crippen molar-refractivity contribution >= 4 is 28.9 Å². The zero-order chi connectivity index (χ0) is 5.70. The number of rotatable bonds is 3. The first kappa shape index (κ1) is 7.33. The summed E-state index contributed by atoms with van der Waals surface area (Å²) in [5.41, 5.74) is 0. The molecule has 0 rings (SSSR count). The van der Waals surface area contributed by atoms with Crippen LogP contribution in [0.5, 0.6) is 0 Å². The van der Waals surface area contributed by atoms with Crippen molar-refractivity contribution in [2.45, 2.75) is 13.0 Å². The molecule has 1 N–H and O–H groups in total. The molecule has 0 aromatic rings. The Kier molecular flexibility index (Phi) is 4.70. The maximum atomic E-state index is 9.66. The molecule has 0 aromatic heterocycles. The molecule has 0 aliphatic rings. The molecule has 0 amide bonds. The predicted molar refractivity (Wildman–Crippen MR) is 34.9 cm³/mol. The van der Waals surface area contributed by atoms with E-state index in [0.717, 1.165) is 11.0 Å². The molecule has 0 fully saturated rings. The first-order valence-corrected chi connectivity index (χ1v) is 3.61. The standard InChI is InChI=1S/C3H6NOS2/c1-3(2-5)4-7-6/h3-4,6H,1H3/t3-/m0/s1. The second kappa shape index (κ2) is 4.49. The van der Waals surface area contributed by atoms with Crippen LogP contribution in [0.25, 0.3) is 0 Å². The summed E-state index contributed by atoms with van der Waals surface area (Å²) in [7, 11) is 1.12. The smallest absolute Gasteiger partial charge is 0.217 e. The molecule has 0 aromatic carbocycles. The Balaban J connectivity index is 2.98. The van der Waals surface area contributed by atoms with Crippen molar-refractivity contribution in [3.05, 3.63) is 0 Å². The Morgan fingerprint density at radius 2 is 2.57 bits per heavy atom. The number of hydrogen-bond donors (Lipinski definition) is 2. The first-order valence-electron chi connectivity index (χ1n) is 1.75. The molecule has 0 aliphatic heterocycles. The minimum Gasteiger partial charge on any atom is -0.289 e. The number of carbonyl (C=O) groups excluding carboxylic acids is 1. The van der Waals surface area contributed by atoms with Crippen LogP contribution in [-0.4, -0.2) is 12.3 Å². The fourth-order valence-electron chi connectivity index (χ4n) is 0.103. The van der Waals surface area contributed by atoms with E-state index < -0.39 is 0 Å². The van der Waals surface area contributed by atoms with Gasteiger partial charge in [0.1, 0.15) is 0 Å². The third-order valence-electron chi connectivity index (χ3n) is 0.406. The van der Waals surface area contributed by atoms with Gasteiger partial charge in [0.25, 0.3) is 0 Å². The van der Waals surface area contributed by atoms with Crippen molar-refractivity contribution in [3.8, 4) is 0 Å². The van der Waals surface area contributed by atoms with E-state index in [-0.39, 0.29) is 6.04 Å². The van der Waals surface area contributed by atoms with Gasteiger partial charge < -0.3 is 0 Å². The molecule has 2 nitrogen and oxygen atoms in total. The Hall–Kier alpha value is 0.330. The minimum absolute atomic E-state index is 0.220. The second-order valence-electron chi connectivity index (χ2n) is 1.05. The van der Waals surface area contributed by atoms with Crippen LogP contribution in [0.3, 0.4) is 0 Å². The molecular weight excluding hydrogens is 130 g/mol. The summed E-state index contributed by atoms with van der Waals surface area (Å²) in [4.78, 5) is 9.66. The van der Waals surface area contributed by atoms with Crippen molar-refractivity contribution in [2.24, 2.45) is 0 Å². The molecule has 0 spiro atoms. The number of nitrogens with one attached hydrogen (secondary N) is 1. The average Bonchev–Trinajstić information content (AvgIpc) is 1.68. The molecule has 4 heteroatoms. The minimum atomic E-state index is -0.220. The molecule has 0 saturated carbocycles. The fraction of sp³-hybridized carbons (Fsp3) is 0.667. The normalized spacial score (nSPS) is 13.4. The highest BCUT2D eigenvalue weighted by atomic mass is 33.1. The van der Waals surface area contributed by atoms with Crippen LogP contribution >= 0.6 is 22.6 Å². The van der Waals surface area contributed by atoms with Crippen LogP contribution in [0.1, 0.15) is 6.92 Å². The molecule has 1 atom stereocenters. The summed E-state index contributed by atoms with van der Waals surface area (Å²) in [6.45, 7) is 1.70. The predicted octanol–water partition coefficient (Wildman–Crippen LogP) is 0.567. The molecule has 0 unspecified atom stereocenters. The average molecular weight is 136 g/mol. The van der Waals surface area contributed by atoms with Crippen LogP contribution < -0.4 is 4.72 Å². The second-order valence-corrected chi connectivity index (χ2v) is 2.01. The van der Waals surface area contributed by atoms with E-state index in [1.807, 2.05) is 0 Å². The summed E-state index contributed by atoms with van der Waals surface area (Å²) < 4.78 is 2.65. The van der Waals surface area contributed by atoms with Gasteiger partial charge in [-0.1, -0.05) is 11.7 Å². The van der Waals surface area contributed by atoms with Crippen molar-refractivity contribution in [1.82, 2.24) is 4.72 Å². The van der Waals surface area contributed by atoms with Crippen molar-refractivity contribution in [2.75, 3.05) is 0 Å². The lowest BCUT2D eigenvalue weighted by Gasteiger charge is -1.96. The van der Waals surface area contributed by atoms with Gasteiger partial charge >= 0.3 is 0 Å². The molecule has 41 valence electrons. The number of hydrogen-bond acceptors (Lipinski definition) is 4. The van der Waals surface area contributed by atoms with Gasteiger partial charge in [-0.15, -0.1) is 0 Å². The molecule has 0 aliphatic carbocycles. The van der Waals surface area contributed by atoms with Crippen molar-refractivity contribution < 1.29 is 4.79 Å². The SMILES string of the molecule is C[C@@H]([C]=O)NSS. The van der Waals surface area contributed by atoms with Gasteiger partial charge in [-0.05, 0) is 17.9 Å². The summed E-state index contributed by atoms with van der Waals surface area (Å²) in [6, 6.07) is -0.220. The molecule has 0 heterocycles. The maximum absolute atomic E-state index is 9.66. The zero-order valence-corrected chi connectivity index (χ0v) is 5.55. The lowest BCUT2D eigenvalue weighted by Crippen LogP contribution is -2.18. The van der Waals surface area contributed by atoms with Crippen LogP contribution in [-0.2, 0) is 4.79 Å². The lowest BCUT2D eigenvalue weighted by molar-refractivity contribution is 0.542. The Morgan fingerprint density at radius 1 is 2.00 bits per heavy atom. The van der Waals surface area contributed by atoms with Gasteiger partial charge in [-0.2, -0.15) is 0 Å². The van der Waals surface area contributed by atoms with Crippen LogP contribution in [0.2, 0.25) is 0 Å². The first-order chi connectivity index (χ1) is 3.31. The maximum Gasteiger partial charge on any atom is 0.217 e. The van der Waals surface area contributed by atoms with E-state index in [2.05, 4.69) is 16.4 Å². The van der Waals surface area contributed by atoms with Crippen LogP contribution in [0, 0.1) is 0 Å². The summed E-state index contributed by atoms with van der Waals surface area (Å²) >= 11 is 3.74. The van der Waals surface area contributed by atoms with Gasteiger partial charge in [0.05, 0.1) is 6.04 Å². The lowest BCUT2D eigenvalue weighted by atomic mass is 10.4. The molecule has 1 radical (unpaired) electrons. The number of thiol groups is 1. The molecule has 0 saturated heterocycles. The Bertz CT molecular complexity index is 58.9. The van der Waals surface area contributed by atoms with E-state index in [1.165, 1.54) is 0 Å². The van der Waals surface area contributed by atoms with E-state index in [4.69, 9.17) is 0 Å². The molecular formula is C3H6NOS2. The quantitative estimate of drug-likeness (QED) is 0.337. The summed E-state index contributed by atoms with van der Waals surface area (Å²) in [5.74, 6) is 0. The molecule has 7 heavy (non-hydrogen) atoms. The summed E-state index contributed by atoms with van der Waals surface area (Å²) in [5, 5.41) is 0. The van der Waals surface area contributed by atoms with Gasteiger partial charge in [-0.25, -0.2) is 4.72 Å². The summed E-state index contributed by atoms with van der Waals surface area (Å²) in [6.07, 6.45) is 1.74. The van der Waals surface area contributed by atoms with Gasteiger partial charge in [0.2, 0.25) is 6.29 Å². The highest BCUT2D eigenvalue weighted by Crippen LogP contribution is 1.97. The van der Waals surface area contributed by atoms with E-state index in [0.29, 0.717) is 0 Å². The van der Waals surface area contributed by atoms with E-state index in [1.54, 1.807) is 13.2 Å². The monoisotopic (exact) mass is 136 g/mol. The van der Waals surface area contributed by atoms with Gasteiger partial charge in [0, 0.05) is 0 Å². The topological polar surface area (TPSA) is 29.1 Å². The Morgan fingerprint density at radius 3 is 2.71 bits per heavy atom. The third kappa shape index (κ3) is 4.18. The third-order valence-corrected chi connectivity index (χ3v) is 1.18. The van der Waals surface area contributed by atoms with Gasteiger partial charge in [-0.3, -0.25) is 4.79 Å². The van der Waals surface area contributed by atoms with Crippen LogP contribution in [0.4, 0.5) is 0 Å². The van der Waals surface area contributed by atoms with Crippen molar-refractivity contribution in [1.29, 1.82) is 0 Å². The van der Waals surface area contributed by atoms with Crippen LogP contribution in [0.15, 0.2) is 0 Å². The molecule has 0 bridgehead atoms. The van der Waals surface area contributed by atoms with E-state index >= 15 is 0 Å². The zero-order valence-electron chi connectivity index (χ0n) is 3.84. The largest absolute Gasteiger partial charge is 0.289 e. The van der Waals surface area contributed by atoms with Gasteiger partial charge in [0.15, 0.2) is 0 Å². The highest BCUT2D eigenvalue weighted by Gasteiger charge is 1.93. The highest BCUT2D eigenvalue weighted by molar-refractivity contribution is 8.67. The van der Waals surface area contributed by atoms with Crippen molar-refractivity contribution in [3.63, 3.8) is 0 Å². The van der Waals surface area contributed by atoms with E-state index in [9.17, 15) is 4.79 Å². The Labute approximate surface area is 52.0 Å². The fourth-order valence-corrected chi connectivity index (χ4v) is 0.784.